The Balaban J connectivity index is 2.09. The SMILES string of the molecule is CC(C)c1ccc(N=C(N)NC(=O)c2ccccc2Cl)cc1. The van der Waals surface area contributed by atoms with Crippen LogP contribution in [0.1, 0.15) is 35.7 Å². The number of halogens is 1. The average Bonchev–Trinajstić information content (AvgIpc) is 2.48. The third kappa shape index (κ3) is 4.09. The number of amides is 1. The van der Waals surface area contributed by atoms with E-state index in [-0.39, 0.29) is 11.9 Å². The Morgan fingerprint density at radius 1 is 1.14 bits per heavy atom. The van der Waals surface area contributed by atoms with Crippen LogP contribution < -0.4 is 11.1 Å². The van der Waals surface area contributed by atoms with Crippen LogP contribution in [-0.2, 0) is 0 Å². The van der Waals surface area contributed by atoms with Crippen molar-refractivity contribution in [3.8, 4) is 0 Å². The summed E-state index contributed by atoms with van der Waals surface area (Å²) in [5.74, 6) is 0.100. The maximum absolute atomic E-state index is 12.1. The standard InChI is InChI=1S/C17H18ClN3O/c1-11(2)12-7-9-13(10-8-12)20-17(19)21-16(22)14-5-3-4-6-15(14)18/h3-11H,1-2H3,(H3,19,20,21,22). The summed E-state index contributed by atoms with van der Waals surface area (Å²) >= 11 is 5.97. The second-order valence-electron chi connectivity index (χ2n) is 5.18. The molecule has 0 spiro atoms. The lowest BCUT2D eigenvalue weighted by Gasteiger charge is -2.07. The van der Waals surface area contributed by atoms with Crippen molar-refractivity contribution in [3.63, 3.8) is 0 Å². The number of nitrogens with two attached hydrogens (primary N) is 1. The van der Waals surface area contributed by atoms with Crippen LogP contribution in [-0.4, -0.2) is 11.9 Å². The topological polar surface area (TPSA) is 67.5 Å². The predicted octanol–water partition coefficient (Wildman–Crippen LogP) is 3.84. The molecule has 2 rings (SSSR count). The molecule has 0 radical (unpaired) electrons. The molecule has 114 valence electrons. The van der Waals surface area contributed by atoms with Crippen LogP contribution in [0.4, 0.5) is 5.69 Å². The minimum absolute atomic E-state index is 0.0298. The highest BCUT2D eigenvalue weighted by Gasteiger charge is 2.10. The number of rotatable bonds is 3. The Hall–Kier alpha value is -2.33. The lowest BCUT2D eigenvalue weighted by atomic mass is 10.0. The minimum atomic E-state index is -0.384. The molecule has 0 saturated carbocycles. The number of carbonyl (C=O) groups is 1. The van der Waals surface area contributed by atoms with Crippen molar-refractivity contribution < 1.29 is 4.79 Å². The van der Waals surface area contributed by atoms with Crippen LogP contribution in [0.2, 0.25) is 5.02 Å². The first-order valence-corrected chi connectivity index (χ1v) is 7.35. The summed E-state index contributed by atoms with van der Waals surface area (Å²) in [5.41, 5.74) is 8.03. The van der Waals surface area contributed by atoms with E-state index >= 15 is 0 Å². The molecular formula is C17H18ClN3O. The molecule has 2 aromatic rings. The van der Waals surface area contributed by atoms with Gasteiger partial charge in [-0.15, -0.1) is 0 Å². The molecular weight excluding hydrogens is 298 g/mol. The zero-order chi connectivity index (χ0) is 16.1. The van der Waals surface area contributed by atoms with Crippen molar-refractivity contribution in [2.45, 2.75) is 19.8 Å². The van der Waals surface area contributed by atoms with Crippen LogP contribution in [0.25, 0.3) is 0 Å². The highest BCUT2D eigenvalue weighted by molar-refractivity contribution is 6.34. The van der Waals surface area contributed by atoms with E-state index in [1.807, 2.05) is 24.3 Å². The van der Waals surface area contributed by atoms with Gasteiger partial charge in [0.1, 0.15) is 0 Å². The molecule has 0 aliphatic carbocycles. The normalized spacial score (nSPS) is 11.5. The van der Waals surface area contributed by atoms with Gasteiger partial charge in [-0.1, -0.05) is 49.7 Å². The van der Waals surface area contributed by atoms with Crippen molar-refractivity contribution in [3.05, 3.63) is 64.7 Å². The summed E-state index contributed by atoms with van der Waals surface area (Å²) in [6, 6.07) is 14.5. The van der Waals surface area contributed by atoms with Crippen molar-refractivity contribution in [1.29, 1.82) is 0 Å². The molecule has 1 amide bonds. The van der Waals surface area contributed by atoms with Crippen LogP contribution in [0.3, 0.4) is 0 Å². The zero-order valence-electron chi connectivity index (χ0n) is 12.5. The van der Waals surface area contributed by atoms with E-state index in [4.69, 9.17) is 17.3 Å². The molecule has 3 N–H and O–H groups in total. The van der Waals surface area contributed by atoms with Crippen LogP contribution >= 0.6 is 11.6 Å². The highest BCUT2D eigenvalue weighted by atomic mass is 35.5. The molecule has 0 aromatic heterocycles. The number of benzene rings is 2. The minimum Gasteiger partial charge on any atom is -0.369 e. The molecule has 0 unspecified atom stereocenters. The third-order valence-electron chi connectivity index (χ3n) is 3.17. The number of hydrogen-bond donors (Lipinski definition) is 2. The first-order chi connectivity index (χ1) is 10.5. The van der Waals surface area contributed by atoms with Crippen LogP contribution in [0.15, 0.2) is 53.5 Å². The van der Waals surface area contributed by atoms with Gasteiger partial charge in [-0.05, 0) is 35.7 Å². The Morgan fingerprint density at radius 2 is 1.77 bits per heavy atom. The lowest BCUT2D eigenvalue weighted by molar-refractivity contribution is 0.0977. The molecule has 0 aliphatic rings. The van der Waals surface area contributed by atoms with E-state index in [1.54, 1.807) is 24.3 Å². The number of carbonyl (C=O) groups excluding carboxylic acids is 1. The molecule has 2 aromatic carbocycles. The van der Waals surface area contributed by atoms with Gasteiger partial charge < -0.3 is 5.73 Å². The van der Waals surface area contributed by atoms with Crippen molar-refractivity contribution in [1.82, 2.24) is 5.32 Å². The zero-order valence-corrected chi connectivity index (χ0v) is 13.3. The fourth-order valence-electron chi connectivity index (χ4n) is 1.93. The summed E-state index contributed by atoms with van der Waals surface area (Å²) in [5, 5.41) is 2.90. The van der Waals surface area contributed by atoms with E-state index in [2.05, 4.69) is 24.2 Å². The number of nitrogens with zero attached hydrogens (tertiary/aromatic N) is 1. The molecule has 0 fully saturated rings. The van der Waals surface area contributed by atoms with Crippen LogP contribution in [0, 0.1) is 0 Å². The average molecular weight is 316 g/mol. The second-order valence-corrected chi connectivity index (χ2v) is 5.58. The van der Waals surface area contributed by atoms with E-state index < -0.39 is 0 Å². The van der Waals surface area contributed by atoms with E-state index in [9.17, 15) is 4.79 Å². The predicted molar refractivity (Wildman–Crippen MR) is 90.7 cm³/mol. The van der Waals surface area contributed by atoms with Gasteiger partial charge in [0, 0.05) is 0 Å². The maximum atomic E-state index is 12.1. The molecule has 4 nitrogen and oxygen atoms in total. The summed E-state index contributed by atoms with van der Waals surface area (Å²) in [7, 11) is 0. The lowest BCUT2D eigenvalue weighted by Crippen LogP contribution is -2.36. The largest absolute Gasteiger partial charge is 0.369 e. The molecule has 0 aliphatic heterocycles. The summed E-state index contributed by atoms with van der Waals surface area (Å²) in [6.45, 7) is 4.24. The Kier molecular flexibility index (Phi) is 5.17. The van der Waals surface area contributed by atoms with Crippen molar-refractivity contribution in [2.75, 3.05) is 0 Å². The fraction of sp³-hybridized carbons (Fsp3) is 0.176. The highest BCUT2D eigenvalue weighted by Crippen LogP contribution is 2.19. The third-order valence-corrected chi connectivity index (χ3v) is 3.50. The summed E-state index contributed by atoms with van der Waals surface area (Å²) in [4.78, 5) is 16.2. The van der Waals surface area contributed by atoms with Crippen LogP contribution in [0.5, 0.6) is 0 Å². The molecule has 0 heterocycles. The Bertz CT molecular complexity index is 693. The number of guanidine groups is 1. The number of aliphatic imine (C=N–C) groups is 1. The quantitative estimate of drug-likeness (QED) is 0.667. The van der Waals surface area contributed by atoms with Gasteiger partial charge in [0.15, 0.2) is 0 Å². The molecule has 22 heavy (non-hydrogen) atoms. The molecule has 0 bridgehead atoms. The first kappa shape index (κ1) is 16.0. The van der Waals surface area contributed by atoms with Gasteiger partial charge in [0.25, 0.3) is 5.91 Å². The fourth-order valence-corrected chi connectivity index (χ4v) is 2.15. The molecule has 5 heteroatoms. The van der Waals surface area contributed by atoms with E-state index in [1.165, 1.54) is 5.56 Å². The van der Waals surface area contributed by atoms with Gasteiger partial charge >= 0.3 is 0 Å². The Morgan fingerprint density at radius 3 is 2.36 bits per heavy atom. The van der Waals surface area contributed by atoms with Gasteiger partial charge in [-0.2, -0.15) is 0 Å². The number of hydrogen-bond acceptors (Lipinski definition) is 2. The number of nitrogens with one attached hydrogen (secondary N) is 1. The summed E-state index contributed by atoms with van der Waals surface area (Å²) < 4.78 is 0. The molecule has 0 atom stereocenters. The van der Waals surface area contributed by atoms with Gasteiger partial charge in [-0.3, -0.25) is 10.1 Å². The van der Waals surface area contributed by atoms with Gasteiger partial charge in [0.2, 0.25) is 5.96 Å². The van der Waals surface area contributed by atoms with E-state index in [0.717, 1.165) is 0 Å². The Labute approximate surface area is 135 Å². The van der Waals surface area contributed by atoms with E-state index in [0.29, 0.717) is 22.2 Å². The van der Waals surface area contributed by atoms with Crippen molar-refractivity contribution >= 4 is 29.2 Å². The monoisotopic (exact) mass is 315 g/mol. The van der Waals surface area contributed by atoms with Gasteiger partial charge in [-0.25, -0.2) is 4.99 Å². The van der Waals surface area contributed by atoms with Crippen molar-refractivity contribution in [2.24, 2.45) is 10.7 Å². The molecule has 0 saturated heterocycles. The second kappa shape index (κ2) is 7.09. The maximum Gasteiger partial charge on any atom is 0.259 e. The smallest absolute Gasteiger partial charge is 0.259 e. The first-order valence-electron chi connectivity index (χ1n) is 6.97. The summed E-state index contributed by atoms with van der Waals surface area (Å²) in [6.07, 6.45) is 0. The van der Waals surface area contributed by atoms with Gasteiger partial charge in [0.05, 0.1) is 16.3 Å².